The van der Waals surface area contributed by atoms with Crippen molar-refractivity contribution in [1.82, 2.24) is 0 Å². The van der Waals surface area contributed by atoms with Crippen molar-refractivity contribution in [3.63, 3.8) is 0 Å². The van der Waals surface area contributed by atoms with Crippen LogP contribution in [0.25, 0.3) is 0 Å². The van der Waals surface area contributed by atoms with Gasteiger partial charge in [0.25, 0.3) is 0 Å². The van der Waals surface area contributed by atoms with Gasteiger partial charge in [0.2, 0.25) is 0 Å². The van der Waals surface area contributed by atoms with Crippen molar-refractivity contribution in [2.45, 2.75) is 6.92 Å². The zero-order valence-corrected chi connectivity index (χ0v) is 5.79. The lowest BCUT2D eigenvalue weighted by molar-refractivity contribution is 0.448. The van der Waals surface area contributed by atoms with E-state index in [4.69, 9.17) is 5.73 Å². The lowest BCUT2D eigenvalue weighted by Gasteiger charge is -2.02. The lowest BCUT2D eigenvalue weighted by atomic mass is 10.2. The van der Waals surface area contributed by atoms with Crippen molar-refractivity contribution >= 4 is 5.69 Å². The average molecular weight is 161 g/mol. The van der Waals surface area contributed by atoms with Crippen molar-refractivity contribution in [1.29, 1.82) is 0 Å². The van der Waals surface area contributed by atoms with Crippen LogP contribution in [0.15, 0.2) is 6.07 Å². The minimum Gasteiger partial charge on any atom is -0.396 e. The molecular formula is C7H6F3N. The van der Waals surface area contributed by atoms with Crippen LogP contribution in [0.4, 0.5) is 18.9 Å². The van der Waals surface area contributed by atoms with Crippen LogP contribution >= 0.6 is 0 Å². The second-order valence-corrected chi connectivity index (χ2v) is 2.22. The Bertz CT molecular complexity index is 270. The molecule has 1 nitrogen and oxygen atoms in total. The SMILES string of the molecule is Cc1cc(F)c(F)c(F)c1N. The molecule has 0 aliphatic carbocycles. The summed E-state index contributed by atoms with van der Waals surface area (Å²) in [5.74, 6) is -4.05. The number of anilines is 1. The Balaban J connectivity index is 3.46. The maximum absolute atomic E-state index is 12.5. The smallest absolute Gasteiger partial charge is 0.196 e. The van der Waals surface area contributed by atoms with E-state index in [9.17, 15) is 13.2 Å². The molecule has 0 saturated carbocycles. The van der Waals surface area contributed by atoms with E-state index in [0.717, 1.165) is 6.07 Å². The Morgan fingerprint density at radius 3 is 2.27 bits per heavy atom. The van der Waals surface area contributed by atoms with Crippen molar-refractivity contribution < 1.29 is 13.2 Å². The highest BCUT2D eigenvalue weighted by Gasteiger charge is 2.13. The largest absolute Gasteiger partial charge is 0.396 e. The highest BCUT2D eigenvalue weighted by atomic mass is 19.2. The van der Waals surface area contributed by atoms with Gasteiger partial charge in [0.1, 0.15) is 0 Å². The quantitative estimate of drug-likeness (QED) is 0.457. The van der Waals surface area contributed by atoms with Gasteiger partial charge >= 0.3 is 0 Å². The number of nitrogen functional groups attached to an aromatic ring is 1. The summed E-state index contributed by atoms with van der Waals surface area (Å²) in [4.78, 5) is 0. The first kappa shape index (κ1) is 7.91. The fourth-order valence-corrected chi connectivity index (χ4v) is 0.727. The molecule has 0 unspecified atom stereocenters. The van der Waals surface area contributed by atoms with E-state index < -0.39 is 17.5 Å². The molecule has 60 valence electrons. The fourth-order valence-electron chi connectivity index (χ4n) is 0.727. The molecule has 11 heavy (non-hydrogen) atoms. The van der Waals surface area contributed by atoms with E-state index >= 15 is 0 Å². The zero-order valence-electron chi connectivity index (χ0n) is 5.79. The number of hydrogen-bond acceptors (Lipinski definition) is 1. The molecule has 1 aromatic rings. The maximum atomic E-state index is 12.5. The molecule has 1 aromatic carbocycles. The predicted molar refractivity (Wildman–Crippen MR) is 35.5 cm³/mol. The van der Waals surface area contributed by atoms with Crippen LogP contribution in [-0.4, -0.2) is 0 Å². The standard InChI is InChI=1S/C7H6F3N/c1-3-2-4(8)5(9)6(10)7(3)11/h2H,11H2,1H3. The van der Waals surface area contributed by atoms with Crippen LogP contribution < -0.4 is 5.73 Å². The Kier molecular flexibility index (Phi) is 1.76. The first-order chi connectivity index (χ1) is 5.04. The lowest BCUT2D eigenvalue weighted by Crippen LogP contribution is -2.00. The van der Waals surface area contributed by atoms with E-state index in [0.29, 0.717) is 0 Å². The van der Waals surface area contributed by atoms with E-state index in [1.165, 1.54) is 6.92 Å². The number of nitrogens with two attached hydrogens (primary N) is 1. The van der Waals surface area contributed by atoms with Crippen molar-refractivity contribution in [3.8, 4) is 0 Å². The molecule has 0 aromatic heterocycles. The molecule has 1 rings (SSSR count). The third-order valence-electron chi connectivity index (χ3n) is 1.41. The van der Waals surface area contributed by atoms with E-state index in [1.54, 1.807) is 0 Å². The van der Waals surface area contributed by atoms with Crippen molar-refractivity contribution in [2.24, 2.45) is 0 Å². The molecule has 0 aliphatic rings. The fraction of sp³-hybridized carbons (Fsp3) is 0.143. The van der Waals surface area contributed by atoms with Gasteiger partial charge in [-0.3, -0.25) is 0 Å². The molecule has 0 amide bonds. The Hall–Kier alpha value is -1.19. The minimum atomic E-state index is -1.52. The number of aryl methyl sites for hydroxylation is 1. The van der Waals surface area contributed by atoms with Crippen LogP contribution in [0.2, 0.25) is 0 Å². The molecule has 0 heterocycles. The third kappa shape index (κ3) is 1.15. The highest BCUT2D eigenvalue weighted by Crippen LogP contribution is 2.20. The molecule has 0 atom stereocenters. The van der Waals surface area contributed by atoms with Gasteiger partial charge in [-0.05, 0) is 18.6 Å². The van der Waals surface area contributed by atoms with Gasteiger partial charge in [-0.2, -0.15) is 0 Å². The molecule has 2 N–H and O–H groups in total. The third-order valence-corrected chi connectivity index (χ3v) is 1.41. The van der Waals surface area contributed by atoms with Gasteiger partial charge in [0.05, 0.1) is 5.69 Å². The summed E-state index contributed by atoms with van der Waals surface area (Å²) < 4.78 is 37.2. The first-order valence-corrected chi connectivity index (χ1v) is 2.93. The molecule has 0 spiro atoms. The van der Waals surface area contributed by atoms with Gasteiger partial charge in [0, 0.05) is 0 Å². The van der Waals surface area contributed by atoms with Gasteiger partial charge < -0.3 is 5.73 Å². The second kappa shape index (κ2) is 2.45. The van der Waals surface area contributed by atoms with Crippen LogP contribution in [-0.2, 0) is 0 Å². The molecule has 0 bridgehead atoms. The van der Waals surface area contributed by atoms with Gasteiger partial charge in [0.15, 0.2) is 17.5 Å². The van der Waals surface area contributed by atoms with Crippen molar-refractivity contribution in [3.05, 3.63) is 29.1 Å². The Morgan fingerprint density at radius 2 is 1.73 bits per heavy atom. The molecule has 4 heteroatoms. The Labute approximate surface area is 61.6 Å². The molecular weight excluding hydrogens is 155 g/mol. The van der Waals surface area contributed by atoms with Gasteiger partial charge in [-0.1, -0.05) is 0 Å². The summed E-state index contributed by atoms with van der Waals surface area (Å²) in [5.41, 5.74) is 4.92. The average Bonchev–Trinajstić information content (AvgIpc) is 1.97. The molecule has 0 saturated heterocycles. The molecule has 0 fully saturated rings. The number of halogens is 3. The minimum absolute atomic E-state index is 0.196. The topological polar surface area (TPSA) is 26.0 Å². The molecule has 0 radical (unpaired) electrons. The van der Waals surface area contributed by atoms with Crippen LogP contribution in [0.5, 0.6) is 0 Å². The van der Waals surface area contributed by atoms with Gasteiger partial charge in [-0.25, -0.2) is 13.2 Å². The number of benzene rings is 1. The number of hydrogen-bond donors (Lipinski definition) is 1. The summed E-state index contributed by atoms with van der Waals surface area (Å²) in [7, 11) is 0. The van der Waals surface area contributed by atoms with Gasteiger partial charge in [-0.15, -0.1) is 0 Å². The van der Waals surface area contributed by atoms with Crippen LogP contribution in [0.1, 0.15) is 5.56 Å². The summed E-state index contributed by atoms with van der Waals surface area (Å²) in [5, 5.41) is 0. The highest BCUT2D eigenvalue weighted by molar-refractivity contribution is 5.47. The van der Waals surface area contributed by atoms with Crippen LogP contribution in [0, 0.1) is 24.4 Å². The summed E-state index contributed by atoms with van der Waals surface area (Å²) in [6, 6.07) is 0.855. The number of rotatable bonds is 0. The van der Waals surface area contributed by atoms with E-state index in [1.807, 2.05) is 0 Å². The molecule has 0 aliphatic heterocycles. The first-order valence-electron chi connectivity index (χ1n) is 2.93. The van der Waals surface area contributed by atoms with E-state index in [2.05, 4.69) is 0 Å². The maximum Gasteiger partial charge on any atom is 0.196 e. The monoisotopic (exact) mass is 161 g/mol. The van der Waals surface area contributed by atoms with Crippen molar-refractivity contribution in [2.75, 3.05) is 5.73 Å². The van der Waals surface area contributed by atoms with Crippen LogP contribution in [0.3, 0.4) is 0 Å². The Morgan fingerprint density at radius 1 is 1.18 bits per heavy atom. The summed E-state index contributed by atoms with van der Waals surface area (Å²) in [6.45, 7) is 1.40. The summed E-state index contributed by atoms with van der Waals surface area (Å²) >= 11 is 0. The second-order valence-electron chi connectivity index (χ2n) is 2.22. The predicted octanol–water partition coefficient (Wildman–Crippen LogP) is 1.99. The summed E-state index contributed by atoms with van der Waals surface area (Å²) in [6.07, 6.45) is 0. The van der Waals surface area contributed by atoms with E-state index in [-0.39, 0.29) is 11.3 Å². The zero-order chi connectivity index (χ0) is 8.59. The normalized spacial score (nSPS) is 10.2.